The molecule has 1 heterocycles. The standard InChI is InChI=1S/C27H35Se/c1-2-4-17(5-3-1)16-28-26(22-8-18-6-19(10-22)11-23(26)9-18)27(28)24-12-20-7-21(14-24)15-25(27)13-20/h1-5,18-25H,6-16H2/q+1. The Labute approximate surface area is 175 Å². The van der Waals surface area contributed by atoms with E-state index in [-0.39, 0.29) is 0 Å². The summed E-state index contributed by atoms with van der Waals surface area (Å²) in [5.41, 5.74) is 1.71. The van der Waals surface area contributed by atoms with Crippen LogP contribution in [0.15, 0.2) is 30.3 Å². The summed E-state index contributed by atoms with van der Waals surface area (Å²) in [5, 5.41) is 1.55. The van der Waals surface area contributed by atoms with Gasteiger partial charge in [-0.2, -0.15) is 0 Å². The zero-order valence-electron chi connectivity index (χ0n) is 17.2. The zero-order valence-corrected chi connectivity index (χ0v) is 18.9. The Morgan fingerprint density at radius 3 is 1.36 bits per heavy atom. The first-order chi connectivity index (χ1) is 13.8. The van der Waals surface area contributed by atoms with E-state index in [9.17, 15) is 0 Å². The van der Waals surface area contributed by atoms with Crippen molar-refractivity contribution < 1.29 is 0 Å². The van der Waals surface area contributed by atoms with Crippen LogP contribution in [0.2, 0.25) is 8.63 Å². The molecule has 1 aliphatic heterocycles. The van der Waals surface area contributed by atoms with Crippen molar-refractivity contribution in [1.29, 1.82) is 0 Å². The number of hydrogen-bond donors (Lipinski definition) is 0. The van der Waals surface area contributed by atoms with Crippen molar-refractivity contribution in [3.05, 3.63) is 35.9 Å². The van der Waals surface area contributed by atoms with E-state index in [1.54, 1.807) is 75.1 Å². The van der Waals surface area contributed by atoms with Gasteiger partial charge in [0.05, 0.1) is 0 Å². The molecule has 9 aliphatic rings. The predicted octanol–water partition coefficient (Wildman–Crippen LogP) is 6.67. The molecule has 2 spiro atoms. The molecule has 8 saturated carbocycles. The molecule has 0 unspecified atom stereocenters. The predicted molar refractivity (Wildman–Crippen MR) is 115 cm³/mol. The maximum absolute atomic E-state index is 2.48. The fraction of sp³-hybridized carbons (Fsp3) is 0.778. The summed E-state index contributed by atoms with van der Waals surface area (Å²) < 4.78 is 1.83. The maximum atomic E-state index is 2.48. The number of rotatable bonds is 2. The van der Waals surface area contributed by atoms with Crippen LogP contribution in [0.5, 0.6) is 0 Å². The molecule has 1 saturated heterocycles. The topological polar surface area (TPSA) is 0 Å². The second-order valence-electron chi connectivity index (χ2n) is 12.2. The molecule has 0 nitrogen and oxygen atoms in total. The quantitative estimate of drug-likeness (QED) is 0.453. The third kappa shape index (κ3) is 1.76. The summed E-state index contributed by atoms with van der Waals surface area (Å²) in [4.78, 5) is 0. The minimum atomic E-state index is -0.578. The van der Waals surface area contributed by atoms with Crippen molar-refractivity contribution in [1.82, 2.24) is 0 Å². The monoisotopic (exact) mass is 439 g/mol. The third-order valence-corrected chi connectivity index (χ3v) is 19.8. The van der Waals surface area contributed by atoms with Gasteiger partial charge in [0.15, 0.2) is 0 Å². The van der Waals surface area contributed by atoms with Crippen LogP contribution in [0.1, 0.15) is 69.8 Å². The van der Waals surface area contributed by atoms with Gasteiger partial charge >= 0.3 is 175 Å². The van der Waals surface area contributed by atoms with Crippen LogP contribution in [0, 0.1) is 47.3 Å². The van der Waals surface area contributed by atoms with Crippen molar-refractivity contribution in [3.8, 4) is 0 Å². The molecule has 8 aliphatic carbocycles. The van der Waals surface area contributed by atoms with E-state index in [4.69, 9.17) is 0 Å². The van der Waals surface area contributed by atoms with Gasteiger partial charge < -0.3 is 0 Å². The Hall–Kier alpha value is -0.261. The first-order valence-electron chi connectivity index (χ1n) is 12.5. The van der Waals surface area contributed by atoms with E-state index in [0.717, 1.165) is 32.3 Å². The van der Waals surface area contributed by atoms with Gasteiger partial charge in [0, 0.05) is 0 Å². The molecule has 1 aromatic rings. The summed E-state index contributed by atoms with van der Waals surface area (Å²) in [6.45, 7) is 0. The fourth-order valence-corrected chi connectivity index (χ4v) is 22.3. The van der Waals surface area contributed by atoms with Crippen molar-refractivity contribution in [2.75, 3.05) is 0 Å². The summed E-state index contributed by atoms with van der Waals surface area (Å²) in [5.74, 6) is 9.28. The van der Waals surface area contributed by atoms with Gasteiger partial charge in [-0.15, -0.1) is 0 Å². The van der Waals surface area contributed by atoms with E-state index in [1.165, 1.54) is 23.7 Å². The fourth-order valence-electron chi connectivity index (χ4n) is 11.3. The molecular formula is C27H35Se+. The van der Waals surface area contributed by atoms with E-state index >= 15 is 0 Å². The van der Waals surface area contributed by atoms with Gasteiger partial charge in [-0.1, -0.05) is 0 Å². The first kappa shape index (κ1) is 16.4. The first-order valence-corrected chi connectivity index (χ1v) is 15.5. The summed E-state index contributed by atoms with van der Waals surface area (Å²) in [6.07, 6.45) is 16.5. The second-order valence-corrected chi connectivity index (χ2v) is 17.3. The van der Waals surface area contributed by atoms with Crippen LogP contribution in [0.3, 0.4) is 0 Å². The molecule has 0 aromatic heterocycles. The SMILES string of the molecule is c1ccc(C[Se+]2C3(C4CC5CC(C4)CC3C5)C23C2CC4CC(C2)CC3C4)cc1. The van der Waals surface area contributed by atoms with Crippen LogP contribution < -0.4 is 0 Å². The van der Waals surface area contributed by atoms with Gasteiger partial charge in [-0.3, -0.25) is 0 Å². The molecule has 1 aromatic carbocycles. The zero-order chi connectivity index (χ0) is 18.1. The Morgan fingerprint density at radius 2 is 0.964 bits per heavy atom. The van der Waals surface area contributed by atoms with Gasteiger partial charge in [0.2, 0.25) is 0 Å². The average molecular weight is 439 g/mol. The Bertz CT molecular complexity index is 705. The van der Waals surface area contributed by atoms with Crippen LogP contribution in [0.4, 0.5) is 0 Å². The summed E-state index contributed by atoms with van der Waals surface area (Å²) in [6, 6.07) is 11.8. The van der Waals surface area contributed by atoms with Gasteiger partial charge in [0.1, 0.15) is 0 Å². The van der Waals surface area contributed by atoms with Crippen molar-refractivity contribution in [2.45, 2.75) is 78.2 Å². The van der Waals surface area contributed by atoms with Crippen LogP contribution >= 0.6 is 0 Å². The Kier molecular flexibility index (Phi) is 3.12. The number of hydrogen-bond acceptors (Lipinski definition) is 0. The van der Waals surface area contributed by atoms with Crippen LogP contribution in [-0.2, 0) is 5.32 Å². The van der Waals surface area contributed by atoms with Crippen LogP contribution in [-0.4, -0.2) is 13.9 Å². The van der Waals surface area contributed by atoms with Gasteiger partial charge in [-0.25, -0.2) is 0 Å². The van der Waals surface area contributed by atoms with Crippen molar-refractivity contribution in [2.24, 2.45) is 47.3 Å². The van der Waals surface area contributed by atoms with Crippen molar-refractivity contribution in [3.63, 3.8) is 0 Å². The Balaban J connectivity index is 1.27. The summed E-state index contributed by atoms with van der Waals surface area (Å²) >= 11 is -0.578. The van der Waals surface area contributed by atoms with Gasteiger partial charge in [-0.05, 0) is 0 Å². The van der Waals surface area contributed by atoms with E-state index in [1.807, 2.05) is 0 Å². The van der Waals surface area contributed by atoms with E-state index in [0.29, 0.717) is 0 Å². The molecule has 1 heteroatoms. The van der Waals surface area contributed by atoms with Crippen LogP contribution in [0.25, 0.3) is 0 Å². The van der Waals surface area contributed by atoms with E-state index < -0.39 is 13.9 Å². The molecule has 8 bridgehead atoms. The van der Waals surface area contributed by atoms with Crippen molar-refractivity contribution >= 4 is 13.9 Å². The molecular weight excluding hydrogens is 403 g/mol. The summed E-state index contributed by atoms with van der Waals surface area (Å²) in [7, 11) is 0. The van der Waals surface area contributed by atoms with Gasteiger partial charge in [0.25, 0.3) is 0 Å². The molecule has 148 valence electrons. The Morgan fingerprint density at radius 1 is 0.571 bits per heavy atom. The molecule has 0 N–H and O–H groups in total. The average Bonchev–Trinajstić information content (AvgIpc) is 3.27. The molecule has 10 rings (SSSR count). The molecule has 0 atom stereocenters. The van der Waals surface area contributed by atoms with E-state index in [2.05, 4.69) is 30.3 Å². The second kappa shape index (κ2) is 5.31. The molecule has 0 amide bonds. The minimum absolute atomic E-state index is 0.578. The molecule has 0 radical (unpaired) electrons. The molecule has 28 heavy (non-hydrogen) atoms. The molecule has 9 fully saturated rings. The third-order valence-electron chi connectivity index (χ3n) is 11.2. The normalized spacial score (nSPS) is 59.5. The number of benzene rings is 1.